The Balaban J connectivity index is 1.69. The quantitative estimate of drug-likeness (QED) is 0.514. The first-order valence-electron chi connectivity index (χ1n) is 7.81. The maximum atomic E-state index is 12.7. The third kappa shape index (κ3) is 2.92. The number of benzene rings is 2. The van der Waals surface area contributed by atoms with Crippen LogP contribution in [0.15, 0.2) is 66.2 Å². The lowest BCUT2D eigenvalue weighted by Crippen LogP contribution is -2.28. The lowest BCUT2D eigenvalue weighted by molar-refractivity contribution is -0.120. The first-order valence-corrected chi connectivity index (χ1v) is 8.19. The van der Waals surface area contributed by atoms with Crippen LogP contribution in [-0.2, 0) is 9.59 Å². The SMILES string of the molecule is O=C1C/C(=C\c2ccc3ccccc3n2)C(=O)N1c1cccc(Cl)c1. The van der Waals surface area contributed by atoms with E-state index in [0.29, 0.717) is 22.0 Å². The molecule has 0 N–H and O–H groups in total. The molecule has 0 unspecified atom stereocenters. The van der Waals surface area contributed by atoms with E-state index in [4.69, 9.17) is 11.6 Å². The Labute approximate surface area is 149 Å². The highest BCUT2D eigenvalue weighted by Gasteiger charge is 2.35. The van der Waals surface area contributed by atoms with E-state index in [1.54, 1.807) is 30.3 Å². The zero-order chi connectivity index (χ0) is 17.4. The van der Waals surface area contributed by atoms with Crippen molar-refractivity contribution in [3.05, 3.63) is 77.0 Å². The van der Waals surface area contributed by atoms with Crippen molar-refractivity contribution in [3.63, 3.8) is 0 Å². The van der Waals surface area contributed by atoms with Crippen LogP contribution >= 0.6 is 11.6 Å². The number of nitrogens with zero attached hydrogens (tertiary/aromatic N) is 2. The molecular weight excluding hydrogens is 336 g/mol. The smallest absolute Gasteiger partial charge is 0.261 e. The predicted molar refractivity (Wildman–Crippen MR) is 98.3 cm³/mol. The van der Waals surface area contributed by atoms with Crippen molar-refractivity contribution in [2.75, 3.05) is 4.90 Å². The van der Waals surface area contributed by atoms with E-state index in [2.05, 4.69) is 4.98 Å². The highest BCUT2D eigenvalue weighted by molar-refractivity contribution is 6.32. The zero-order valence-corrected chi connectivity index (χ0v) is 13.9. The molecule has 4 rings (SSSR count). The van der Waals surface area contributed by atoms with Gasteiger partial charge in [0.15, 0.2) is 0 Å². The third-order valence-corrected chi connectivity index (χ3v) is 4.31. The van der Waals surface area contributed by atoms with E-state index < -0.39 is 0 Å². The molecule has 0 spiro atoms. The van der Waals surface area contributed by atoms with Crippen molar-refractivity contribution in [2.24, 2.45) is 0 Å². The van der Waals surface area contributed by atoms with Gasteiger partial charge in [-0.3, -0.25) is 9.59 Å². The van der Waals surface area contributed by atoms with Crippen LogP contribution in [0.4, 0.5) is 5.69 Å². The summed E-state index contributed by atoms with van der Waals surface area (Å²) in [4.78, 5) is 30.7. The van der Waals surface area contributed by atoms with Crippen LogP contribution < -0.4 is 4.90 Å². The van der Waals surface area contributed by atoms with Crippen LogP contribution in [0.1, 0.15) is 12.1 Å². The fourth-order valence-electron chi connectivity index (χ4n) is 2.90. The van der Waals surface area contributed by atoms with Gasteiger partial charge in [0, 0.05) is 16.0 Å². The summed E-state index contributed by atoms with van der Waals surface area (Å²) >= 11 is 5.97. The van der Waals surface area contributed by atoms with Gasteiger partial charge < -0.3 is 0 Å². The molecule has 0 aliphatic carbocycles. The van der Waals surface area contributed by atoms with Crippen molar-refractivity contribution in [1.82, 2.24) is 4.98 Å². The normalized spacial score (nSPS) is 16.2. The number of hydrogen-bond acceptors (Lipinski definition) is 3. The van der Waals surface area contributed by atoms with E-state index in [1.165, 1.54) is 4.90 Å². The van der Waals surface area contributed by atoms with Crippen LogP contribution in [0.3, 0.4) is 0 Å². The van der Waals surface area contributed by atoms with Crippen molar-refractivity contribution in [1.29, 1.82) is 0 Å². The number of pyridine rings is 1. The molecule has 1 saturated heterocycles. The molecule has 3 aromatic rings. The molecule has 1 fully saturated rings. The summed E-state index contributed by atoms with van der Waals surface area (Å²) in [5.41, 5.74) is 2.41. The molecule has 1 aliphatic rings. The first-order chi connectivity index (χ1) is 12.1. The number of carbonyl (C=O) groups is 2. The third-order valence-electron chi connectivity index (χ3n) is 4.08. The fourth-order valence-corrected chi connectivity index (χ4v) is 3.09. The molecule has 0 atom stereocenters. The summed E-state index contributed by atoms with van der Waals surface area (Å²) in [6.07, 6.45) is 1.73. The largest absolute Gasteiger partial charge is 0.274 e. The molecule has 122 valence electrons. The highest BCUT2D eigenvalue weighted by Crippen LogP contribution is 2.29. The van der Waals surface area contributed by atoms with Crippen molar-refractivity contribution < 1.29 is 9.59 Å². The number of carbonyl (C=O) groups excluding carboxylic acids is 2. The van der Waals surface area contributed by atoms with Crippen molar-refractivity contribution in [2.45, 2.75) is 6.42 Å². The summed E-state index contributed by atoms with van der Waals surface area (Å²) in [5.74, 6) is -0.596. The van der Waals surface area contributed by atoms with Crippen LogP contribution in [-0.4, -0.2) is 16.8 Å². The van der Waals surface area contributed by atoms with Crippen LogP contribution in [0, 0.1) is 0 Å². The van der Waals surface area contributed by atoms with E-state index in [9.17, 15) is 9.59 Å². The van der Waals surface area contributed by atoms with Gasteiger partial charge in [-0.05, 0) is 36.4 Å². The van der Waals surface area contributed by atoms with E-state index in [-0.39, 0.29) is 18.2 Å². The standard InChI is InChI=1S/C20H13ClN2O2/c21-15-5-3-6-17(12-15)23-19(24)11-14(20(23)25)10-16-9-8-13-4-1-2-7-18(13)22-16/h1-10,12H,11H2/b14-10+. The maximum Gasteiger partial charge on any atom is 0.261 e. The summed E-state index contributed by atoms with van der Waals surface area (Å²) in [7, 11) is 0. The van der Waals surface area contributed by atoms with Gasteiger partial charge in [0.2, 0.25) is 5.91 Å². The summed E-state index contributed by atoms with van der Waals surface area (Å²) in [6, 6.07) is 18.3. The monoisotopic (exact) mass is 348 g/mol. The number of para-hydroxylation sites is 1. The van der Waals surface area contributed by atoms with Gasteiger partial charge in [0.05, 0.1) is 23.3 Å². The summed E-state index contributed by atoms with van der Waals surface area (Å²) < 4.78 is 0. The molecule has 4 nitrogen and oxygen atoms in total. The molecule has 2 heterocycles. The Hall–Kier alpha value is -2.98. The molecular formula is C20H13ClN2O2. The second-order valence-electron chi connectivity index (χ2n) is 5.79. The highest BCUT2D eigenvalue weighted by atomic mass is 35.5. The molecule has 0 saturated carbocycles. The Morgan fingerprint density at radius 2 is 1.84 bits per heavy atom. The molecule has 0 radical (unpaired) electrons. The molecule has 25 heavy (non-hydrogen) atoms. The molecule has 2 amide bonds. The van der Waals surface area contributed by atoms with Crippen LogP contribution in [0.2, 0.25) is 5.02 Å². The van der Waals surface area contributed by atoms with Crippen molar-refractivity contribution in [3.8, 4) is 0 Å². The Bertz CT molecular complexity index is 1040. The molecule has 0 bridgehead atoms. The maximum absolute atomic E-state index is 12.7. The van der Waals surface area contributed by atoms with Gasteiger partial charge in [-0.1, -0.05) is 41.9 Å². The number of amides is 2. The van der Waals surface area contributed by atoms with Crippen LogP contribution in [0.5, 0.6) is 0 Å². The molecule has 1 aliphatic heterocycles. The van der Waals surface area contributed by atoms with Gasteiger partial charge in [-0.25, -0.2) is 9.88 Å². The number of fused-ring (bicyclic) bond motifs is 1. The van der Waals surface area contributed by atoms with E-state index >= 15 is 0 Å². The lowest BCUT2D eigenvalue weighted by Gasteiger charge is -2.13. The van der Waals surface area contributed by atoms with Gasteiger partial charge in [-0.15, -0.1) is 0 Å². The number of aromatic nitrogens is 1. The average Bonchev–Trinajstić information content (AvgIpc) is 2.88. The zero-order valence-electron chi connectivity index (χ0n) is 13.1. The number of halogens is 1. The van der Waals surface area contributed by atoms with Crippen molar-refractivity contribution >= 4 is 46.1 Å². The summed E-state index contributed by atoms with van der Waals surface area (Å²) in [6.45, 7) is 0. The fraction of sp³-hybridized carbons (Fsp3) is 0.0500. The Kier molecular flexibility index (Phi) is 3.82. The minimum atomic E-state index is -0.331. The van der Waals surface area contributed by atoms with E-state index in [0.717, 1.165) is 10.9 Å². The molecule has 2 aromatic carbocycles. The predicted octanol–water partition coefficient (Wildman–Crippen LogP) is 4.24. The number of anilines is 1. The first kappa shape index (κ1) is 15.5. The Morgan fingerprint density at radius 3 is 2.68 bits per heavy atom. The average molecular weight is 349 g/mol. The minimum absolute atomic E-state index is 0.0554. The van der Waals surface area contributed by atoms with E-state index in [1.807, 2.05) is 36.4 Å². The minimum Gasteiger partial charge on any atom is -0.274 e. The molecule has 5 heteroatoms. The topological polar surface area (TPSA) is 50.3 Å². The number of hydrogen-bond donors (Lipinski definition) is 0. The van der Waals surface area contributed by atoms with Gasteiger partial charge in [-0.2, -0.15) is 0 Å². The van der Waals surface area contributed by atoms with Crippen LogP contribution in [0.25, 0.3) is 17.0 Å². The number of rotatable bonds is 2. The molecule has 1 aromatic heterocycles. The lowest BCUT2D eigenvalue weighted by atomic mass is 10.1. The van der Waals surface area contributed by atoms with Gasteiger partial charge in [0.25, 0.3) is 5.91 Å². The van der Waals surface area contributed by atoms with Gasteiger partial charge >= 0.3 is 0 Å². The number of imide groups is 1. The second-order valence-corrected chi connectivity index (χ2v) is 6.23. The summed E-state index contributed by atoms with van der Waals surface area (Å²) in [5, 5.41) is 1.51. The van der Waals surface area contributed by atoms with Gasteiger partial charge in [0.1, 0.15) is 0 Å². The Morgan fingerprint density at radius 1 is 1.00 bits per heavy atom. The second kappa shape index (κ2) is 6.15.